The van der Waals surface area contributed by atoms with Crippen LogP contribution in [0.2, 0.25) is 0 Å². The van der Waals surface area contributed by atoms with E-state index in [4.69, 9.17) is 14.7 Å². The van der Waals surface area contributed by atoms with Crippen LogP contribution < -0.4 is 14.8 Å². The Morgan fingerprint density at radius 1 is 1.24 bits per heavy atom. The first-order chi connectivity index (χ1) is 12.1. The minimum Gasteiger partial charge on any atom is -0.493 e. The minimum absolute atomic E-state index is 0.0333. The highest BCUT2D eigenvalue weighted by Gasteiger charge is 2.24. The molecule has 1 saturated heterocycles. The minimum atomic E-state index is -0.252. The smallest absolute Gasteiger partial charge is 0.234 e. The molecule has 1 heterocycles. The fourth-order valence-electron chi connectivity index (χ4n) is 2.90. The molecule has 134 valence electrons. The predicted molar refractivity (Wildman–Crippen MR) is 91.2 cm³/mol. The van der Waals surface area contributed by atoms with Gasteiger partial charge in [-0.1, -0.05) is 6.07 Å². The van der Waals surface area contributed by atoms with Crippen LogP contribution in [0.3, 0.4) is 0 Å². The van der Waals surface area contributed by atoms with Crippen LogP contribution in [0.5, 0.6) is 11.5 Å². The number of benzene rings is 1. The van der Waals surface area contributed by atoms with Gasteiger partial charge in [0.15, 0.2) is 11.5 Å². The molecule has 0 saturated carbocycles. The Morgan fingerprint density at radius 2 is 1.92 bits per heavy atom. The number of rotatable bonds is 6. The summed E-state index contributed by atoms with van der Waals surface area (Å²) in [6, 6.07) is 7.32. The molecule has 0 bridgehead atoms. The molecule has 7 nitrogen and oxygen atoms in total. The summed E-state index contributed by atoms with van der Waals surface area (Å²) in [6.45, 7) is 1.20. The fraction of sp³-hybridized carbons (Fsp3) is 0.500. The molecule has 2 rings (SSSR count). The monoisotopic (exact) mass is 345 g/mol. The van der Waals surface area contributed by atoms with E-state index in [1.165, 1.54) is 0 Å². The highest BCUT2D eigenvalue weighted by Crippen LogP contribution is 2.28. The zero-order chi connectivity index (χ0) is 18.2. The zero-order valence-electron chi connectivity index (χ0n) is 14.6. The van der Waals surface area contributed by atoms with Crippen molar-refractivity contribution in [2.24, 2.45) is 0 Å². The standard InChI is InChI=1S/C18H23N3O4/c1-24-15-4-3-13(11-16(15)25-2)12-18(23)21-9-6-14(7-10-21)20-17(22)5-8-19/h3-4,11,14H,5-7,9-10,12H2,1-2H3,(H,20,22). The number of nitriles is 1. The third-order valence-electron chi connectivity index (χ3n) is 4.26. The Hall–Kier alpha value is -2.75. The van der Waals surface area contributed by atoms with Crippen molar-refractivity contribution in [3.05, 3.63) is 23.8 Å². The Labute approximate surface area is 147 Å². The molecule has 1 aliphatic heterocycles. The van der Waals surface area contributed by atoms with Gasteiger partial charge in [-0.05, 0) is 30.5 Å². The van der Waals surface area contributed by atoms with Crippen LogP contribution in [0.15, 0.2) is 18.2 Å². The average Bonchev–Trinajstić information content (AvgIpc) is 2.62. The lowest BCUT2D eigenvalue weighted by atomic mass is 10.0. The largest absolute Gasteiger partial charge is 0.493 e. The molecule has 0 aromatic heterocycles. The first-order valence-electron chi connectivity index (χ1n) is 8.22. The number of carbonyl (C=O) groups is 2. The number of piperidine rings is 1. The molecule has 1 aliphatic rings. The van der Waals surface area contributed by atoms with Gasteiger partial charge >= 0.3 is 0 Å². The average molecular weight is 345 g/mol. The van der Waals surface area contributed by atoms with Crippen LogP contribution in [-0.4, -0.2) is 50.1 Å². The third kappa shape index (κ3) is 5.11. The summed E-state index contributed by atoms with van der Waals surface area (Å²) < 4.78 is 10.5. The van der Waals surface area contributed by atoms with E-state index < -0.39 is 0 Å². The van der Waals surface area contributed by atoms with E-state index in [1.807, 2.05) is 23.1 Å². The van der Waals surface area contributed by atoms with E-state index in [9.17, 15) is 9.59 Å². The van der Waals surface area contributed by atoms with Gasteiger partial charge in [0.2, 0.25) is 11.8 Å². The summed E-state index contributed by atoms with van der Waals surface area (Å²) in [4.78, 5) is 25.7. The van der Waals surface area contributed by atoms with Crippen molar-refractivity contribution in [2.75, 3.05) is 27.3 Å². The van der Waals surface area contributed by atoms with E-state index in [0.717, 1.165) is 5.56 Å². The number of hydrogen-bond donors (Lipinski definition) is 1. The molecule has 1 fully saturated rings. The molecular weight excluding hydrogens is 322 g/mol. The van der Waals surface area contributed by atoms with Crippen LogP contribution in [0.25, 0.3) is 0 Å². The van der Waals surface area contributed by atoms with Crippen molar-refractivity contribution < 1.29 is 19.1 Å². The second-order valence-electron chi connectivity index (χ2n) is 5.92. The van der Waals surface area contributed by atoms with Crippen molar-refractivity contribution >= 4 is 11.8 Å². The van der Waals surface area contributed by atoms with Crippen molar-refractivity contribution in [3.63, 3.8) is 0 Å². The molecule has 1 N–H and O–H groups in total. The summed E-state index contributed by atoms with van der Waals surface area (Å²) in [5.74, 6) is 1.03. The lowest BCUT2D eigenvalue weighted by Gasteiger charge is -2.32. The maximum absolute atomic E-state index is 12.5. The van der Waals surface area contributed by atoms with Crippen LogP contribution in [0, 0.1) is 11.3 Å². The highest BCUT2D eigenvalue weighted by atomic mass is 16.5. The third-order valence-corrected chi connectivity index (χ3v) is 4.26. The van der Waals surface area contributed by atoms with Gasteiger partial charge in [0.25, 0.3) is 0 Å². The number of carbonyl (C=O) groups excluding carboxylic acids is 2. The molecule has 0 unspecified atom stereocenters. The summed E-state index contributed by atoms with van der Waals surface area (Å²) in [7, 11) is 3.14. The van der Waals surface area contributed by atoms with Crippen molar-refractivity contribution in [1.29, 1.82) is 5.26 Å². The van der Waals surface area contributed by atoms with Gasteiger partial charge in [-0.3, -0.25) is 9.59 Å². The number of nitrogens with zero attached hydrogens (tertiary/aromatic N) is 2. The molecular formula is C18H23N3O4. The molecule has 0 spiro atoms. The number of nitrogens with one attached hydrogen (secondary N) is 1. The van der Waals surface area contributed by atoms with Crippen LogP contribution >= 0.6 is 0 Å². The number of ether oxygens (including phenoxy) is 2. The van der Waals surface area contributed by atoms with Gasteiger partial charge in [-0.15, -0.1) is 0 Å². The molecule has 2 amide bonds. The molecule has 1 aromatic rings. The Kier molecular flexibility index (Phi) is 6.63. The molecule has 1 aromatic carbocycles. The van der Waals surface area contributed by atoms with E-state index in [1.54, 1.807) is 20.3 Å². The Bertz CT molecular complexity index is 661. The summed E-state index contributed by atoms with van der Waals surface area (Å²) >= 11 is 0. The van der Waals surface area contributed by atoms with Crippen molar-refractivity contribution in [2.45, 2.75) is 31.7 Å². The Balaban J connectivity index is 1.87. The first kappa shape index (κ1) is 18.6. The van der Waals surface area contributed by atoms with Crippen molar-refractivity contribution in [1.82, 2.24) is 10.2 Å². The number of likely N-dealkylation sites (tertiary alicyclic amines) is 1. The normalized spacial score (nSPS) is 14.5. The van der Waals surface area contributed by atoms with E-state index in [-0.39, 0.29) is 24.3 Å². The van der Waals surface area contributed by atoms with Crippen LogP contribution in [-0.2, 0) is 16.0 Å². The summed E-state index contributed by atoms with van der Waals surface area (Å²) in [5.41, 5.74) is 0.868. The topological polar surface area (TPSA) is 91.7 Å². The van der Waals surface area contributed by atoms with Gasteiger partial charge in [0, 0.05) is 19.1 Å². The maximum atomic E-state index is 12.5. The van der Waals surface area contributed by atoms with Gasteiger partial charge in [0.1, 0.15) is 6.42 Å². The highest BCUT2D eigenvalue weighted by molar-refractivity contribution is 5.80. The summed E-state index contributed by atoms with van der Waals surface area (Å²) in [5, 5.41) is 11.3. The van der Waals surface area contributed by atoms with Gasteiger partial charge in [0.05, 0.1) is 26.7 Å². The van der Waals surface area contributed by atoms with Crippen LogP contribution in [0.4, 0.5) is 0 Å². The van der Waals surface area contributed by atoms with Gasteiger partial charge in [-0.2, -0.15) is 5.26 Å². The van der Waals surface area contributed by atoms with E-state index >= 15 is 0 Å². The Morgan fingerprint density at radius 3 is 2.52 bits per heavy atom. The molecule has 0 radical (unpaired) electrons. The predicted octanol–water partition coefficient (Wildman–Crippen LogP) is 1.27. The van der Waals surface area contributed by atoms with Crippen LogP contribution in [0.1, 0.15) is 24.8 Å². The van der Waals surface area contributed by atoms with Gasteiger partial charge < -0.3 is 19.7 Å². The molecule has 0 aliphatic carbocycles. The second kappa shape index (κ2) is 8.92. The van der Waals surface area contributed by atoms with Gasteiger partial charge in [-0.25, -0.2) is 0 Å². The molecule has 7 heteroatoms. The lowest BCUT2D eigenvalue weighted by Crippen LogP contribution is -2.46. The quantitative estimate of drug-likeness (QED) is 0.838. The SMILES string of the molecule is COc1ccc(CC(=O)N2CCC(NC(=O)CC#N)CC2)cc1OC. The van der Waals surface area contributed by atoms with Crippen molar-refractivity contribution in [3.8, 4) is 17.6 Å². The van der Waals surface area contributed by atoms with E-state index in [0.29, 0.717) is 43.9 Å². The number of hydrogen-bond acceptors (Lipinski definition) is 5. The first-order valence-corrected chi connectivity index (χ1v) is 8.22. The lowest BCUT2D eigenvalue weighted by molar-refractivity contribution is -0.131. The zero-order valence-corrected chi connectivity index (χ0v) is 14.6. The fourth-order valence-corrected chi connectivity index (χ4v) is 2.90. The molecule has 25 heavy (non-hydrogen) atoms. The molecule has 0 atom stereocenters. The number of amides is 2. The summed E-state index contributed by atoms with van der Waals surface area (Å²) in [6.07, 6.45) is 1.58. The van der Waals surface area contributed by atoms with E-state index in [2.05, 4.69) is 5.32 Å². The second-order valence-corrected chi connectivity index (χ2v) is 5.92. The maximum Gasteiger partial charge on any atom is 0.234 e. The number of methoxy groups -OCH3 is 2.